The first-order valence-electron chi connectivity index (χ1n) is 10.7. The maximum absolute atomic E-state index is 6.19. The fourth-order valence-corrected chi connectivity index (χ4v) is 3.66. The molecule has 2 unspecified atom stereocenters. The highest BCUT2D eigenvalue weighted by atomic mass is 127. The summed E-state index contributed by atoms with van der Waals surface area (Å²) >= 11 is 0. The van der Waals surface area contributed by atoms with Crippen LogP contribution >= 0.6 is 24.0 Å². The largest absolute Gasteiger partial charge is 0.488 e. The summed E-state index contributed by atoms with van der Waals surface area (Å²) in [5, 5.41) is 6.88. The van der Waals surface area contributed by atoms with Crippen LogP contribution in [0.1, 0.15) is 24.5 Å². The summed E-state index contributed by atoms with van der Waals surface area (Å²) in [6.07, 6.45) is 1.10. The highest BCUT2D eigenvalue weighted by Crippen LogP contribution is 2.23. The van der Waals surface area contributed by atoms with Crippen molar-refractivity contribution in [1.29, 1.82) is 0 Å². The Balaban J connectivity index is 0.00000320. The molecule has 1 aromatic carbocycles. The van der Waals surface area contributed by atoms with Gasteiger partial charge in [0.15, 0.2) is 5.96 Å². The molecule has 3 rings (SSSR count). The molecule has 0 bridgehead atoms. The Bertz CT molecular complexity index is 662. The van der Waals surface area contributed by atoms with E-state index in [0.29, 0.717) is 19.1 Å². The zero-order valence-electron chi connectivity index (χ0n) is 18.5. The third kappa shape index (κ3) is 8.20. The van der Waals surface area contributed by atoms with Crippen LogP contribution in [0.5, 0.6) is 5.75 Å². The van der Waals surface area contributed by atoms with E-state index in [1.165, 1.54) is 5.56 Å². The molecule has 1 aromatic rings. The van der Waals surface area contributed by atoms with Gasteiger partial charge in [0, 0.05) is 51.8 Å². The summed E-state index contributed by atoms with van der Waals surface area (Å²) in [6, 6.07) is 6.35. The molecule has 170 valence electrons. The van der Waals surface area contributed by atoms with Crippen LogP contribution in [0.15, 0.2) is 23.2 Å². The molecule has 8 heteroatoms. The van der Waals surface area contributed by atoms with Gasteiger partial charge in [-0.25, -0.2) is 0 Å². The predicted octanol–water partition coefficient (Wildman–Crippen LogP) is 2.41. The molecule has 0 aromatic heterocycles. The standard InChI is InChI=1S/C22H36N4O3.HI/c1-17-4-5-19(21(12-17)29-20-6-9-28-16-20)14-25-22(23-3)24-13-18(2)15-26-7-10-27-11-8-26;/h4-5,12,18,20H,6-11,13-16H2,1-3H3,(H2,23,24,25);1H. The fourth-order valence-electron chi connectivity index (χ4n) is 3.66. The van der Waals surface area contributed by atoms with Gasteiger partial charge in [0.05, 0.1) is 26.4 Å². The molecule has 0 saturated carbocycles. The Morgan fingerprint density at radius 3 is 2.73 bits per heavy atom. The number of nitrogens with one attached hydrogen (secondary N) is 2. The van der Waals surface area contributed by atoms with Crippen molar-refractivity contribution >= 4 is 29.9 Å². The number of hydrogen-bond acceptors (Lipinski definition) is 5. The molecular formula is C22H37IN4O3. The first-order chi connectivity index (χ1) is 14.1. The lowest BCUT2D eigenvalue weighted by atomic mass is 10.1. The minimum absolute atomic E-state index is 0. The summed E-state index contributed by atoms with van der Waals surface area (Å²) in [6.45, 7) is 12.2. The van der Waals surface area contributed by atoms with Gasteiger partial charge in [0.25, 0.3) is 0 Å². The lowest BCUT2D eigenvalue weighted by Crippen LogP contribution is -2.43. The molecule has 30 heavy (non-hydrogen) atoms. The summed E-state index contributed by atoms with van der Waals surface area (Å²) < 4.78 is 17.1. The van der Waals surface area contributed by atoms with Gasteiger partial charge >= 0.3 is 0 Å². The van der Waals surface area contributed by atoms with E-state index in [4.69, 9.17) is 14.2 Å². The highest BCUT2D eigenvalue weighted by Gasteiger charge is 2.19. The van der Waals surface area contributed by atoms with Gasteiger partial charge in [-0.3, -0.25) is 9.89 Å². The van der Waals surface area contributed by atoms with Crippen LogP contribution in [-0.2, 0) is 16.0 Å². The van der Waals surface area contributed by atoms with Gasteiger partial charge in [-0.15, -0.1) is 24.0 Å². The van der Waals surface area contributed by atoms with Crippen molar-refractivity contribution in [1.82, 2.24) is 15.5 Å². The molecule has 0 amide bonds. The van der Waals surface area contributed by atoms with E-state index in [2.05, 4.69) is 52.6 Å². The number of aryl methyl sites for hydroxylation is 1. The van der Waals surface area contributed by atoms with Crippen LogP contribution in [0, 0.1) is 12.8 Å². The maximum atomic E-state index is 6.19. The van der Waals surface area contributed by atoms with Crippen molar-refractivity contribution in [2.75, 3.05) is 59.7 Å². The van der Waals surface area contributed by atoms with Crippen molar-refractivity contribution in [3.8, 4) is 5.75 Å². The van der Waals surface area contributed by atoms with Crippen LogP contribution < -0.4 is 15.4 Å². The number of hydrogen-bond donors (Lipinski definition) is 2. The van der Waals surface area contributed by atoms with Crippen molar-refractivity contribution in [2.24, 2.45) is 10.9 Å². The van der Waals surface area contributed by atoms with E-state index in [9.17, 15) is 0 Å². The molecule has 2 saturated heterocycles. The smallest absolute Gasteiger partial charge is 0.191 e. The van der Waals surface area contributed by atoms with Gasteiger partial charge in [-0.05, 0) is 24.5 Å². The van der Waals surface area contributed by atoms with Crippen LogP contribution in [0.4, 0.5) is 0 Å². The number of guanidine groups is 1. The third-order valence-corrected chi connectivity index (χ3v) is 5.37. The number of ether oxygens (including phenoxy) is 3. The molecule has 2 N–H and O–H groups in total. The minimum Gasteiger partial charge on any atom is -0.488 e. The highest BCUT2D eigenvalue weighted by molar-refractivity contribution is 14.0. The zero-order valence-corrected chi connectivity index (χ0v) is 20.8. The minimum atomic E-state index is 0. The molecule has 7 nitrogen and oxygen atoms in total. The molecule has 0 spiro atoms. The Hall–Kier alpha value is -1.10. The average Bonchev–Trinajstić information content (AvgIpc) is 3.23. The van der Waals surface area contributed by atoms with Gasteiger partial charge in [0.2, 0.25) is 0 Å². The van der Waals surface area contributed by atoms with E-state index >= 15 is 0 Å². The Labute approximate surface area is 197 Å². The van der Waals surface area contributed by atoms with Crippen molar-refractivity contribution in [3.05, 3.63) is 29.3 Å². The van der Waals surface area contributed by atoms with E-state index in [0.717, 1.165) is 69.7 Å². The lowest BCUT2D eigenvalue weighted by Gasteiger charge is -2.29. The van der Waals surface area contributed by atoms with E-state index < -0.39 is 0 Å². The zero-order chi connectivity index (χ0) is 20.5. The van der Waals surface area contributed by atoms with Crippen molar-refractivity contribution in [2.45, 2.75) is 32.9 Å². The summed E-state index contributed by atoms with van der Waals surface area (Å²) in [5.41, 5.74) is 2.33. The van der Waals surface area contributed by atoms with E-state index in [1.807, 2.05) is 7.05 Å². The number of morpholine rings is 1. The number of benzene rings is 1. The lowest BCUT2D eigenvalue weighted by molar-refractivity contribution is 0.0320. The molecule has 2 atom stereocenters. The van der Waals surface area contributed by atoms with E-state index in [-0.39, 0.29) is 30.1 Å². The number of nitrogens with zero attached hydrogens (tertiary/aromatic N) is 2. The quantitative estimate of drug-likeness (QED) is 0.305. The summed E-state index contributed by atoms with van der Waals surface area (Å²) in [4.78, 5) is 6.84. The number of rotatable bonds is 8. The van der Waals surface area contributed by atoms with Gasteiger partial charge in [-0.2, -0.15) is 0 Å². The second-order valence-corrected chi connectivity index (χ2v) is 8.04. The molecule has 2 fully saturated rings. The van der Waals surface area contributed by atoms with Crippen LogP contribution in [0.3, 0.4) is 0 Å². The maximum Gasteiger partial charge on any atom is 0.191 e. The average molecular weight is 532 g/mol. The van der Waals surface area contributed by atoms with Crippen molar-refractivity contribution in [3.63, 3.8) is 0 Å². The Morgan fingerprint density at radius 1 is 1.23 bits per heavy atom. The summed E-state index contributed by atoms with van der Waals surface area (Å²) in [5.74, 6) is 2.28. The first kappa shape index (κ1) is 25.2. The van der Waals surface area contributed by atoms with Gasteiger partial charge in [0.1, 0.15) is 11.9 Å². The van der Waals surface area contributed by atoms with Crippen LogP contribution in [-0.4, -0.2) is 76.6 Å². The SMILES string of the molecule is CN=C(NCc1ccc(C)cc1OC1CCOC1)NCC(C)CN1CCOCC1.I. The van der Waals surface area contributed by atoms with E-state index in [1.54, 1.807) is 0 Å². The molecule has 2 aliphatic heterocycles. The first-order valence-corrected chi connectivity index (χ1v) is 10.7. The predicted molar refractivity (Wildman–Crippen MR) is 131 cm³/mol. The molecular weight excluding hydrogens is 495 g/mol. The summed E-state index contributed by atoms with van der Waals surface area (Å²) in [7, 11) is 1.81. The molecule has 0 aliphatic carbocycles. The molecule has 0 radical (unpaired) electrons. The topological polar surface area (TPSA) is 67.4 Å². The molecule has 2 aliphatic rings. The number of aliphatic imine (C=N–C) groups is 1. The van der Waals surface area contributed by atoms with Gasteiger partial charge < -0.3 is 24.8 Å². The fraction of sp³-hybridized carbons (Fsp3) is 0.682. The Kier molecular flexibility index (Phi) is 11.2. The molecule has 2 heterocycles. The number of halogens is 1. The van der Waals surface area contributed by atoms with Crippen LogP contribution in [0.25, 0.3) is 0 Å². The third-order valence-electron chi connectivity index (χ3n) is 5.37. The monoisotopic (exact) mass is 532 g/mol. The Morgan fingerprint density at radius 2 is 2.03 bits per heavy atom. The van der Waals surface area contributed by atoms with Gasteiger partial charge in [-0.1, -0.05) is 19.1 Å². The second-order valence-electron chi connectivity index (χ2n) is 8.04. The van der Waals surface area contributed by atoms with Crippen LogP contribution in [0.2, 0.25) is 0 Å². The normalized spacial score (nSPS) is 21.0. The second kappa shape index (κ2) is 13.3. The van der Waals surface area contributed by atoms with Crippen molar-refractivity contribution < 1.29 is 14.2 Å².